The van der Waals surface area contributed by atoms with Crippen LogP contribution in [0, 0.1) is 10.1 Å². The average Bonchev–Trinajstić information content (AvgIpc) is 2.55. The van der Waals surface area contributed by atoms with Crippen LogP contribution >= 0.6 is 11.6 Å². The number of nitrogens with one attached hydrogen (secondary N) is 1. The first-order valence-corrected chi connectivity index (χ1v) is 8.16. The fourth-order valence-corrected chi connectivity index (χ4v) is 2.91. The fraction of sp³-hybridized carbons (Fsp3) is 0.222. The molecule has 1 amide bonds. The molecule has 7 nitrogen and oxygen atoms in total. The molecule has 134 valence electrons. The Bertz CT molecular complexity index is 939. The maximum Gasteiger partial charge on any atom is 0.289 e. The summed E-state index contributed by atoms with van der Waals surface area (Å²) < 4.78 is 5.76. The van der Waals surface area contributed by atoms with Crippen LogP contribution in [0.5, 0.6) is 5.75 Å². The largest absolute Gasteiger partial charge is 0.487 e. The number of rotatable bonds is 3. The molecule has 0 atom stereocenters. The number of ketones is 1. The van der Waals surface area contributed by atoms with Gasteiger partial charge in [-0.25, -0.2) is 0 Å². The van der Waals surface area contributed by atoms with Crippen molar-refractivity contribution in [2.75, 3.05) is 5.32 Å². The Kier molecular flexibility index (Phi) is 4.41. The minimum absolute atomic E-state index is 0.0212. The number of nitro benzene ring substituents is 1. The van der Waals surface area contributed by atoms with Gasteiger partial charge in [0.2, 0.25) is 0 Å². The van der Waals surface area contributed by atoms with Crippen molar-refractivity contribution >= 4 is 34.7 Å². The van der Waals surface area contributed by atoms with Gasteiger partial charge in [0.1, 0.15) is 16.4 Å². The standard InChI is InChI=1S/C18H15ClN2O5/c1-18(2)9-15(22)12-7-10(3-6-16(12)26-18)17(23)20-11-4-5-13(19)14(8-11)21(24)25/h3-8H,9H2,1-2H3,(H,20,23). The molecule has 0 saturated carbocycles. The zero-order chi connectivity index (χ0) is 19.1. The Morgan fingerprint density at radius 2 is 2.00 bits per heavy atom. The molecule has 1 aliphatic heterocycles. The molecule has 0 bridgehead atoms. The molecule has 0 radical (unpaired) electrons. The minimum Gasteiger partial charge on any atom is -0.487 e. The number of carbonyl (C=O) groups is 2. The lowest BCUT2D eigenvalue weighted by molar-refractivity contribution is -0.384. The molecule has 0 unspecified atom stereocenters. The lowest BCUT2D eigenvalue weighted by Crippen LogP contribution is -2.36. The molecule has 26 heavy (non-hydrogen) atoms. The molecule has 0 spiro atoms. The lowest BCUT2D eigenvalue weighted by atomic mass is 9.92. The third-order valence-corrected chi connectivity index (χ3v) is 4.24. The zero-order valence-corrected chi connectivity index (χ0v) is 14.8. The van der Waals surface area contributed by atoms with E-state index in [0.717, 1.165) is 0 Å². The number of Topliss-reactive ketones (excluding diaryl/α,β-unsaturated/α-hetero) is 1. The van der Waals surface area contributed by atoms with Crippen LogP contribution in [0.15, 0.2) is 36.4 Å². The molecular formula is C18H15ClN2O5. The second-order valence-corrected chi connectivity index (χ2v) is 6.96. The highest BCUT2D eigenvalue weighted by atomic mass is 35.5. The summed E-state index contributed by atoms with van der Waals surface area (Å²) in [6.45, 7) is 3.64. The van der Waals surface area contributed by atoms with Crippen molar-refractivity contribution in [3.63, 3.8) is 0 Å². The maximum atomic E-state index is 12.4. The predicted octanol–water partition coefficient (Wildman–Crippen LogP) is 4.24. The third kappa shape index (κ3) is 3.52. The Labute approximate surface area is 154 Å². The maximum absolute atomic E-state index is 12.4. The average molecular weight is 375 g/mol. The molecule has 1 N–H and O–H groups in total. The first-order chi connectivity index (χ1) is 12.2. The minimum atomic E-state index is -0.630. The van der Waals surface area contributed by atoms with Gasteiger partial charge < -0.3 is 10.1 Å². The number of benzene rings is 2. The Balaban J connectivity index is 1.86. The van der Waals surface area contributed by atoms with Crippen molar-refractivity contribution < 1.29 is 19.2 Å². The van der Waals surface area contributed by atoms with Crippen LogP contribution in [0.2, 0.25) is 5.02 Å². The predicted molar refractivity (Wildman–Crippen MR) is 96.2 cm³/mol. The van der Waals surface area contributed by atoms with Gasteiger partial charge in [0.25, 0.3) is 11.6 Å². The van der Waals surface area contributed by atoms with Crippen LogP contribution in [0.25, 0.3) is 0 Å². The van der Waals surface area contributed by atoms with Crippen molar-refractivity contribution in [3.8, 4) is 5.75 Å². The molecule has 2 aromatic rings. The molecule has 1 heterocycles. The number of ether oxygens (including phenoxy) is 1. The van der Waals surface area contributed by atoms with Crippen molar-refractivity contribution in [2.24, 2.45) is 0 Å². The smallest absolute Gasteiger partial charge is 0.289 e. The fourth-order valence-electron chi connectivity index (χ4n) is 2.73. The Morgan fingerprint density at radius 3 is 2.69 bits per heavy atom. The zero-order valence-electron chi connectivity index (χ0n) is 14.0. The van der Waals surface area contributed by atoms with Crippen LogP contribution in [0.3, 0.4) is 0 Å². The van der Waals surface area contributed by atoms with E-state index in [4.69, 9.17) is 16.3 Å². The summed E-state index contributed by atoms with van der Waals surface area (Å²) in [5.74, 6) is -0.167. The van der Waals surface area contributed by atoms with Gasteiger partial charge in [0.15, 0.2) is 5.78 Å². The summed E-state index contributed by atoms with van der Waals surface area (Å²) in [5.41, 5.74) is -0.0684. The molecule has 1 aliphatic rings. The number of hydrogen-bond acceptors (Lipinski definition) is 5. The number of nitrogens with zero attached hydrogens (tertiary/aromatic N) is 1. The first-order valence-electron chi connectivity index (χ1n) is 7.78. The van der Waals surface area contributed by atoms with Crippen LogP contribution in [0.4, 0.5) is 11.4 Å². The van der Waals surface area contributed by atoms with Gasteiger partial charge in [-0.2, -0.15) is 0 Å². The molecule has 0 saturated heterocycles. The number of halogens is 1. The van der Waals surface area contributed by atoms with Gasteiger partial charge >= 0.3 is 0 Å². The van der Waals surface area contributed by atoms with E-state index < -0.39 is 16.4 Å². The summed E-state index contributed by atoms with van der Waals surface area (Å²) in [4.78, 5) is 35.0. The number of anilines is 1. The molecule has 3 rings (SSSR count). The quantitative estimate of drug-likeness (QED) is 0.639. The normalized spacial score (nSPS) is 15.0. The Hall–Kier alpha value is -2.93. The highest BCUT2D eigenvalue weighted by Crippen LogP contribution is 2.34. The van der Waals surface area contributed by atoms with Crippen molar-refractivity contribution in [2.45, 2.75) is 25.9 Å². The van der Waals surface area contributed by atoms with E-state index >= 15 is 0 Å². The summed E-state index contributed by atoms with van der Waals surface area (Å²) in [5, 5.41) is 13.5. The number of amides is 1. The first kappa shape index (κ1) is 17.9. The molecule has 0 aromatic heterocycles. The van der Waals surface area contributed by atoms with Crippen molar-refractivity contribution in [1.82, 2.24) is 0 Å². The molecule has 2 aromatic carbocycles. The van der Waals surface area contributed by atoms with Gasteiger partial charge in [0, 0.05) is 17.3 Å². The van der Waals surface area contributed by atoms with Gasteiger partial charge in [-0.15, -0.1) is 0 Å². The highest BCUT2D eigenvalue weighted by Gasteiger charge is 2.32. The Morgan fingerprint density at radius 1 is 1.27 bits per heavy atom. The lowest BCUT2D eigenvalue weighted by Gasteiger charge is -2.31. The number of nitro groups is 1. The molecule has 0 aliphatic carbocycles. The van der Waals surface area contributed by atoms with E-state index in [2.05, 4.69) is 5.32 Å². The second-order valence-electron chi connectivity index (χ2n) is 6.55. The van der Waals surface area contributed by atoms with Crippen molar-refractivity contribution in [3.05, 3.63) is 62.7 Å². The van der Waals surface area contributed by atoms with Crippen LogP contribution < -0.4 is 10.1 Å². The van der Waals surface area contributed by atoms with Gasteiger partial charge in [-0.05, 0) is 44.2 Å². The number of fused-ring (bicyclic) bond motifs is 1. The van der Waals surface area contributed by atoms with Crippen LogP contribution in [0.1, 0.15) is 41.0 Å². The number of hydrogen-bond donors (Lipinski definition) is 1. The molecule has 8 heteroatoms. The van der Waals surface area contributed by atoms with Gasteiger partial charge in [-0.3, -0.25) is 19.7 Å². The SMILES string of the molecule is CC1(C)CC(=O)c2cc(C(=O)Nc3ccc(Cl)c([N+](=O)[O-])c3)ccc2O1. The number of carbonyl (C=O) groups excluding carboxylic acids is 2. The summed E-state index contributed by atoms with van der Waals surface area (Å²) in [6, 6.07) is 8.55. The van der Waals surface area contributed by atoms with E-state index in [1.807, 2.05) is 13.8 Å². The van der Waals surface area contributed by atoms with E-state index in [9.17, 15) is 19.7 Å². The molecular weight excluding hydrogens is 360 g/mol. The van der Waals surface area contributed by atoms with Crippen molar-refractivity contribution in [1.29, 1.82) is 0 Å². The monoisotopic (exact) mass is 374 g/mol. The summed E-state index contributed by atoms with van der Waals surface area (Å²) in [7, 11) is 0. The second kappa shape index (κ2) is 6.42. The molecule has 0 fully saturated rings. The van der Waals surface area contributed by atoms with Crippen LogP contribution in [-0.4, -0.2) is 22.2 Å². The summed E-state index contributed by atoms with van der Waals surface area (Å²) in [6.07, 6.45) is 0.217. The topological polar surface area (TPSA) is 98.5 Å². The van der Waals surface area contributed by atoms with E-state index in [1.165, 1.54) is 30.3 Å². The van der Waals surface area contributed by atoms with E-state index in [0.29, 0.717) is 11.3 Å². The summed E-state index contributed by atoms with van der Waals surface area (Å²) >= 11 is 5.76. The van der Waals surface area contributed by atoms with Crippen LogP contribution in [-0.2, 0) is 0 Å². The van der Waals surface area contributed by atoms with Gasteiger partial charge in [-0.1, -0.05) is 11.6 Å². The van der Waals surface area contributed by atoms with E-state index in [-0.39, 0.29) is 34.2 Å². The van der Waals surface area contributed by atoms with E-state index in [1.54, 1.807) is 6.07 Å². The van der Waals surface area contributed by atoms with Gasteiger partial charge in [0.05, 0.1) is 16.9 Å². The third-order valence-electron chi connectivity index (χ3n) is 3.92. The highest BCUT2D eigenvalue weighted by molar-refractivity contribution is 6.32.